The predicted molar refractivity (Wildman–Crippen MR) is 94.1 cm³/mol. The third-order valence-electron chi connectivity index (χ3n) is 3.91. The van der Waals surface area contributed by atoms with Crippen LogP contribution < -0.4 is 4.80 Å². The van der Waals surface area contributed by atoms with E-state index in [0.29, 0.717) is 17.9 Å². The molecule has 9 heteroatoms. The Hall–Kier alpha value is -2.39. The van der Waals surface area contributed by atoms with Gasteiger partial charge in [0, 0.05) is 32.0 Å². The van der Waals surface area contributed by atoms with Crippen molar-refractivity contribution in [2.24, 2.45) is 4.99 Å². The molecule has 3 rings (SSSR count). The summed E-state index contributed by atoms with van der Waals surface area (Å²) in [5.41, 5.74) is 1.27. The number of thiazole rings is 1. The van der Waals surface area contributed by atoms with Crippen LogP contribution in [-0.4, -0.2) is 34.0 Å². The summed E-state index contributed by atoms with van der Waals surface area (Å²) in [6.45, 7) is 5.00. The molecule has 0 radical (unpaired) electrons. The molecule has 6 nitrogen and oxygen atoms in total. The summed E-state index contributed by atoms with van der Waals surface area (Å²) in [6, 6.07) is 3.70. The van der Waals surface area contributed by atoms with Crippen LogP contribution in [0, 0.1) is 18.6 Å². The average molecular weight is 380 g/mol. The van der Waals surface area contributed by atoms with Gasteiger partial charge < -0.3 is 9.30 Å². The molecule has 0 aliphatic heterocycles. The zero-order valence-electron chi connectivity index (χ0n) is 14.6. The first kappa shape index (κ1) is 18.4. The van der Waals surface area contributed by atoms with Crippen molar-refractivity contribution in [2.75, 3.05) is 13.7 Å². The molecule has 0 spiro atoms. The second-order valence-corrected chi connectivity index (χ2v) is 6.68. The lowest BCUT2D eigenvalue weighted by molar-refractivity contribution is 0.0991. The minimum atomic E-state index is -0.702. The van der Waals surface area contributed by atoms with Crippen molar-refractivity contribution in [3.63, 3.8) is 0 Å². The van der Waals surface area contributed by atoms with Gasteiger partial charge in [0.2, 0.25) is 0 Å². The van der Waals surface area contributed by atoms with Crippen molar-refractivity contribution in [1.29, 1.82) is 0 Å². The van der Waals surface area contributed by atoms with Crippen molar-refractivity contribution in [1.82, 2.24) is 14.3 Å². The van der Waals surface area contributed by atoms with E-state index >= 15 is 0 Å². The Kier molecular flexibility index (Phi) is 5.28. The highest BCUT2D eigenvalue weighted by atomic mass is 32.1. The number of carbonyl (C=O) groups is 1. The monoisotopic (exact) mass is 380 g/mol. The van der Waals surface area contributed by atoms with E-state index in [2.05, 4.69) is 10.1 Å². The number of halogens is 2. The molecule has 0 saturated carbocycles. The van der Waals surface area contributed by atoms with Gasteiger partial charge >= 0.3 is 0 Å². The molecule has 0 aliphatic rings. The number of aryl methyl sites for hydroxylation is 2. The third kappa shape index (κ3) is 3.45. The number of methoxy groups -OCH3 is 1. The highest BCUT2D eigenvalue weighted by molar-refractivity contribution is 7.16. The Morgan fingerprint density at radius 1 is 1.35 bits per heavy atom. The fraction of sp³-hybridized carbons (Fsp3) is 0.353. The summed E-state index contributed by atoms with van der Waals surface area (Å²) in [6.07, 6.45) is 0. The molecular formula is C17H18F2N4O2S. The lowest BCUT2D eigenvalue weighted by atomic mass is 10.3. The normalized spacial score (nSPS) is 12.3. The van der Waals surface area contributed by atoms with Crippen molar-refractivity contribution >= 4 is 27.5 Å². The molecule has 0 fully saturated rings. The van der Waals surface area contributed by atoms with Gasteiger partial charge in [-0.2, -0.15) is 10.1 Å². The summed E-state index contributed by atoms with van der Waals surface area (Å²) in [7, 11) is 1.52. The fourth-order valence-corrected chi connectivity index (χ4v) is 3.78. The zero-order valence-corrected chi connectivity index (χ0v) is 15.4. The van der Waals surface area contributed by atoms with E-state index in [9.17, 15) is 13.6 Å². The fourth-order valence-electron chi connectivity index (χ4n) is 2.68. The molecule has 1 amide bonds. The summed E-state index contributed by atoms with van der Waals surface area (Å²) in [4.78, 5) is 16.9. The van der Waals surface area contributed by atoms with E-state index in [-0.39, 0.29) is 22.6 Å². The number of benzene rings is 1. The Morgan fingerprint density at radius 3 is 2.77 bits per heavy atom. The molecule has 3 aromatic rings. The van der Waals surface area contributed by atoms with Crippen LogP contribution in [0.5, 0.6) is 0 Å². The smallest absolute Gasteiger partial charge is 0.300 e. The number of amides is 1. The highest BCUT2D eigenvalue weighted by Crippen LogP contribution is 2.22. The molecule has 0 N–H and O–H groups in total. The Morgan fingerprint density at radius 2 is 2.12 bits per heavy atom. The molecule has 2 heterocycles. The zero-order chi connectivity index (χ0) is 18.8. The van der Waals surface area contributed by atoms with Crippen LogP contribution in [0.1, 0.15) is 23.1 Å². The van der Waals surface area contributed by atoms with Crippen molar-refractivity contribution in [2.45, 2.75) is 26.9 Å². The first-order valence-electron chi connectivity index (χ1n) is 8.05. The largest absolute Gasteiger partial charge is 0.383 e. The predicted octanol–water partition coefficient (Wildman–Crippen LogP) is 2.89. The van der Waals surface area contributed by atoms with Crippen LogP contribution in [-0.2, 0) is 17.8 Å². The second-order valence-electron chi connectivity index (χ2n) is 5.67. The van der Waals surface area contributed by atoms with Gasteiger partial charge in [-0.1, -0.05) is 11.3 Å². The summed E-state index contributed by atoms with van der Waals surface area (Å²) < 4.78 is 36.4. The van der Waals surface area contributed by atoms with E-state index in [4.69, 9.17) is 4.74 Å². The molecule has 0 unspecified atom stereocenters. The van der Waals surface area contributed by atoms with Gasteiger partial charge in [-0.05, 0) is 26.0 Å². The summed E-state index contributed by atoms with van der Waals surface area (Å²) in [5.74, 6) is -1.91. The Bertz CT molecular complexity index is 1040. The number of ether oxygens (including phenoxy) is 1. The average Bonchev–Trinajstić information content (AvgIpc) is 3.13. The van der Waals surface area contributed by atoms with Crippen molar-refractivity contribution in [3.8, 4) is 0 Å². The topological polar surface area (TPSA) is 61.4 Å². The van der Waals surface area contributed by atoms with Gasteiger partial charge in [0.25, 0.3) is 5.91 Å². The SMILES string of the molecule is CCn1nc(C(=O)N=c2sc3cc(F)cc(F)c3n2CCOC)cc1C. The molecule has 138 valence electrons. The minimum absolute atomic E-state index is 0.204. The van der Waals surface area contributed by atoms with Crippen LogP contribution in [0.3, 0.4) is 0 Å². The maximum atomic E-state index is 14.3. The van der Waals surface area contributed by atoms with E-state index in [1.54, 1.807) is 10.7 Å². The first-order chi connectivity index (χ1) is 12.4. The van der Waals surface area contributed by atoms with E-state index < -0.39 is 17.5 Å². The summed E-state index contributed by atoms with van der Waals surface area (Å²) >= 11 is 1.05. The number of hydrogen-bond donors (Lipinski definition) is 0. The number of aromatic nitrogens is 3. The van der Waals surface area contributed by atoms with Gasteiger partial charge in [0.05, 0.1) is 16.8 Å². The van der Waals surface area contributed by atoms with Gasteiger partial charge in [0.1, 0.15) is 5.82 Å². The standard InChI is InChI=1S/C17H18F2N4O2S/c1-4-23-10(2)7-13(21-23)16(24)20-17-22(5-6-25-3)15-12(19)8-11(18)9-14(15)26-17/h7-9H,4-6H2,1-3H3. The second kappa shape index (κ2) is 7.46. The van der Waals surface area contributed by atoms with Gasteiger partial charge in [-0.15, -0.1) is 0 Å². The van der Waals surface area contributed by atoms with Crippen LogP contribution in [0.25, 0.3) is 10.2 Å². The lowest BCUT2D eigenvalue weighted by Crippen LogP contribution is -2.20. The van der Waals surface area contributed by atoms with Crippen LogP contribution in [0.4, 0.5) is 8.78 Å². The van der Waals surface area contributed by atoms with Gasteiger partial charge in [0.15, 0.2) is 16.3 Å². The number of hydrogen-bond acceptors (Lipinski definition) is 4. The van der Waals surface area contributed by atoms with Crippen molar-refractivity contribution < 1.29 is 18.3 Å². The third-order valence-corrected chi connectivity index (χ3v) is 4.94. The van der Waals surface area contributed by atoms with E-state index in [1.165, 1.54) is 17.7 Å². The number of carbonyl (C=O) groups excluding carboxylic acids is 1. The molecular weight excluding hydrogens is 362 g/mol. The molecule has 0 bridgehead atoms. The van der Waals surface area contributed by atoms with Crippen LogP contribution in [0.15, 0.2) is 23.2 Å². The quantitative estimate of drug-likeness (QED) is 0.684. The molecule has 1 aromatic carbocycles. The Balaban J connectivity index is 2.14. The highest BCUT2D eigenvalue weighted by Gasteiger charge is 2.16. The minimum Gasteiger partial charge on any atom is -0.383 e. The maximum absolute atomic E-state index is 14.3. The van der Waals surface area contributed by atoms with Gasteiger partial charge in [-0.3, -0.25) is 9.48 Å². The number of rotatable bonds is 5. The molecule has 2 aromatic heterocycles. The maximum Gasteiger partial charge on any atom is 0.300 e. The Labute approximate surface area is 152 Å². The van der Waals surface area contributed by atoms with E-state index in [1.807, 2.05) is 13.8 Å². The van der Waals surface area contributed by atoms with Crippen molar-refractivity contribution in [3.05, 3.63) is 46.0 Å². The molecule has 0 atom stereocenters. The number of nitrogens with zero attached hydrogens (tertiary/aromatic N) is 4. The molecule has 0 aliphatic carbocycles. The number of fused-ring (bicyclic) bond motifs is 1. The van der Waals surface area contributed by atoms with Gasteiger partial charge in [-0.25, -0.2) is 8.78 Å². The first-order valence-corrected chi connectivity index (χ1v) is 8.87. The molecule has 0 saturated heterocycles. The summed E-state index contributed by atoms with van der Waals surface area (Å²) in [5, 5.41) is 4.21. The van der Waals surface area contributed by atoms with E-state index in [0.717, 1.165) is 23.1 Å². The van der Waals surface area contributed by atoms with Crippen LogP contribution in [0.2, 0.25) is 0 Å². The lowest BCUT2D eigenvalue weighted by Gasteiger charge is -2.05. The molecule has 26 heavy (non-hydrogen) atoms. The van der Waals surface area contributed by atoms with Crippen LogP contribution >= 0.6 is 11.3 Å².